The number of hydrogen-bond donors (Lipinski definition) is 0. The van der Waals surface area contributed by atoms with Crippen LogP contribution in [-0.2, 0) is 0 Å². The van der Waals surface area contributed by atoms with Crippen LogP contribution in [0.2, 0.25) is 0 Å². The van der Waals surface area contributed by atoms with Crippen LogP contribution in [0.25, 0.3) is 0 Å². The van der Waals surface area contributed by atoms with Crippen molar-refractivity contribution in [3.8, 4) is 0 Å². The fraction of sp³-hybridized carbons (Fsp3) is 0.647. The van der Waals surface area contributed by atoms with Gasteiger partial charge in [0.2, 0.25) is 0 Å². The summed E-state index contributed by atoms with van der Waals surface area (Å²) in [5.74, 6) is 0. The van der Waals surface area contributed by atoms with Crippen LogP contribution in [0, 0.1) is 5.41 Å². The molecule has 0 spiro atoms. The summed E-state index contributed by atoms with van der Waals surface area (Å²) in [4.78, 5) is 0. The highest BCUT2D eigenvalue weighted by Crippen LogP contribution is 2.28. The highest BCUT2D eigenvalue weighted by molar-refractivity contribution is 5.12. The molecule has 0 heterocycles. The average molecular weight is 467 g/mol. The molecule has 0 aliphatic carbocycles. The van der Waals surface area contributed by atoms with Crippen molar-refractivity contribution in [2.45, 2.75) is 140 Å². The molecular formula is C34H58. The summed E-state index contributed by atoms with van der Waals surface area (Å²) in [6.07, 6.45) is 27.5. The molecule has 0 nitrogen and oxygen atoms in total. The molecule has 0 heteroatoms. The Morgan fingerprint density at radius 3 is 1.12 bits per heavy atom. The number of hydrogen-bond acceptors (Lipinski definition) is 0. The first-order chi connectivity index (χ1) is 16.0. The molecule has 0 radical (unpaired) electrons. The molecule has 194 valence electrons. The Morgan fingerprint density at radius 1 is 0.471 bits per heavy atom. The van der Waals surface area contributed by atoms with E-state index in [1.54, 1.807) is 5.57 Å². The molecule has 0 fully saturated rings. The molecule has 0 aliphatic rings. The van der Waals surface area contributed by atoms with Crippen LogP contribution in [0.15, 0.2) is 69.9 Å². The van der Waals surface area contributed by atoms with Crippen molar-refractivity contribution in [3.63, 3.8) is 0 Å². The van der Waals surface area contributed by atoms with Gasteiger partial charge in [0.1, 0.15) is 0 Å². The van der Waals surface area contributed by atoms with Gasteiger partial charge in [0.15, 0.2) is 0 Å². The topological polar surface area (TPSA) is 0 Å². The van der Waals surface area contributed by atoms with Crippen LogP contribution < -0.4 is 0 Å². The van der Waals surface area contributed by atoms with Crippen molar-refractivity contribution >= 4 is 0 Å². The van der Waals surface area contributed by atoms with Gasteiger partial charge in [-0.05, 0) is 118 Å². The molecule has 0 atom stereocenters. The lowest BCUT2D eigenvalue weighted by molar-refractivity contribution is 0.485. The maximum absolute atomic E-state index is 2.47. The van der Waals surface area contributed by atoms with Crippen LogP contribution in [0.4, 0.5) is 0 Å². The van der Waals surface area contributed by atoms with E-state index in [0.717, 1.165) is 0 Å². The maximum atomic E-state index is 2.47. The summed E-state index contributed by atoms with van der Waals surface area (Å²) in [7, 11) is 0. The SMILES string of the molecule is CCC(=CCC/C(C)=C/CC/C(C)=C/CC/C=C(\C)CC/C=C(\C)CCC=C(C)C)C(C)(C)C. The third-order valence-corrected chi connectivity index (χ3v) is 6.58. The van der Waals surface area contributed by atoms with Crippen LogP contribution in [0.5, 0.6) is 0 Å². The van der Waals surface area contributed by atoms with E-state index in [4.69, 9.17) is 0 Å². The van der Waals surface area contributed by atoms with Crippen molar-refractivity contribution in [1.29, 1.82) is 0 Å². The van der Waals surface area contributed by atoms with E-state index in [1.165, 1.54) is 98.5 Å². The zero-order valence-corrected chi connectivity index (χ0v) is 24.7. The standard InChI is InChI=1S/C34H58/c1-11-33(34(8,9)10)27-17-26-32(7)25-16-23-30(5)20-13-12-19-29(4)22-15-24-31(6)21-14-18-28(2)3/h18-20,24-25,27H,11-17,21-23,26H2,1-10H3/b29-19+,30-20+,31-24+,32-25+,33-27?. The Morgan fingerprint density at radius 2 is 0.794 bits per heavy atom. The summed E-state index contributed by atoms with van der Waals surface area (Å²) in [5.41, 5.74) is 9.45. The molecule has 0 saturated carbocycles. The van der Waals surface area contributed by atoms with E-state index < -0.39 is 0 Å². The summed E-state index contributed by atoms with van der Waals surface area (Å²) < 4.78 is 0. The molecule has 34 heavy (non-hydrogen) atoms. The molecule has 0 aliphatic heterocycles. The largest absolute Gasteiger partial charge is 0.0856 e. The molecular weight excluding hydrogens is 408 g/mol. The molecule has 0 unspecified atom stereocenters. The van der Waals surface area contributed by atoms with Crippen LogP contribution >= 0.6 is 0 Å². The summed E-state index contributed by atoms with van der Waals surface area (Å²) in [6, 6.07) is 0. The predicted molar refractivity (Wildman–Crippen MR) is 158 cm³/mol. The van der Waals surface area contributed by atoms with E-state index in [0.29, 0.717) is 5.41 Å². The number of allylic oxidation sites excluding steroid dienone is 12. The number of rotatable bonds is 16. The zero-order valence-electron chi connectivity index (χ0n) is 24.7. The van der Waals surface area contributed by atoms with Crippen LogP contribution in [0.1, 0.15) is 140 Å². The van der Waals surface area contributed by atoms with Gasteiger partial charge in [-0.1, -0.05) is 97.6 Å². The Kier molecular flexibility index (Phi) is 17.9. The second-order valence-electron chi connectivity index (χ2n) is 11.5. The minimum absolute atomic E-state index is 0.309. The Balaban J connectivity index is 4.20. The smallest absolute Gasteiger partial charge is 0.0173 e. The van der Waals surface area contributed by atoms with Gasteiger partial charge in [-0.15, -0.1) is 0 Å². The van der Waals surface area contributed by atoms with E-state index in [2.05, 4.69) is 106 Å². The van der Waals surface area contributed by atoms with Crippen LogP contribution in [0.3, 0.4) is 0 Å². The van der Waals surface area contributed by atoms with Crippen LogP contribution in [-0.4, -0.2) is 0 Å². The highest BCUT2D eigenvalue weighted by atomic mass is 14.2. The quantitative estimate of drug-likeness (QED) is 0.157. The number of unbranched alkanes of at least 4 members (excludes halogenated alkanes) is 1. The average Bonchev–Trinajstić information content (AvgIpc) is 2.73. The summed E-state index contributed by atoms with van der Waals surface area (Å²) in [6.45, 7) is 22.8. The van der Waals surface area contributed by atoms with E-state index in [1.807, 2.05) is 0 Å². The third-order valence-electron chi connectivity index (χ3n) is 6.58. The third kappa shape index (κ3) is 18.8. The zero-order chi connectivity index (χ0) is 26.0. The normalized spacial score (nSPS) is 14.6. The van der Waals surface area contributed by atoms with Crippen molar-refractivity contribution in [2.75, 3.05) is 0 Å². The lowest BCUT2D eigenvalue weighted by Gasteiger charge is -2.22. The van der Waals surface area contributed by atoms with Gasteiger partial charge >= 0.3 is 0 Å². The predicted octanol–water partition coefficient (Wildman–Crippen LogP) is 12.0. The van der Waals surface area contributed by atoms with Crippen molar-refractivity contribution in [1.82, 2.24) is 0 Å². The monoisotopic (exact) mass is 466 g/mol. The van der Waals surface area contributed by atoms with Gasteiger partial charge < -0.3 is 0 Å². The molecule has 0 N–H and O–H groups in total. The molecule has 0 aromatic heterocycles. The van der Waals surface area contributed by atoms with Gasteiger partial charge in [0, 0.05) is 0 Å². The lowest BCUT2D eigenvalue weighted by atomic mass is 9.84. The second kappa shape index (κ2) is 18.7. The fourth-order valence-corrected chi connectivity index (χ4v) is 4.20. The minimum Gasteiger partial charge on any atom is -0.0856 e. The van der Waals surface area contributed by atoms with E-state index in [-0.39, 0.29) is 0 Å². The summed E-state index contributed by atoms with van der Waals surface area (Å²) in [5, 5.41) is 0. The molecule has 0 rings (SSSR count). The van der Waals surface area contributed by atoms with Gasteiger partial charge in [-0.3, -0.25) is 0 Å². The molecule has 0 bridgehead atoms. The molecule has 0 amide bonds. The first-order valence-corrected chi connectivity index (χ1v) is 13.9. The Labute approximate surface area is 215 Å². The van der Waals surface area contributed by atoms with Gasteiger partial charge in [0.05, 0.1) is 0 Å². The molecule has 0 aromatic carbocycles. The first kappa shape index (κ1) is 32.4. The molecule has 0 saturated heterocycles. The van der Waals surface area contributed by atoms with Crippen molar-refractivity contribution in [2.24, 2.45) is 5.41 Å². The van der Waals surface area contributed by atoms with E-state index in [9.17, 15) is 0 Å². The minimum atomic E-state index is 0.309. The molecule has 0 aromatic rings. The maximum Gasteiger partial charge on any atom is -0.0173 e. The van der Waals surface area contributed by atoms with Gasteiger partial charge in [-0.25, -0.2) is 0 Å². The van der Waals surface area contributed by atoms with Crippen molar-refractivity contribution in [3.05, 3.63) is 69.9 Å². The van der Waals surface area contributed by atoms with Gasteiger partial charge in [0.25, 0.3) is 0 Å². The Bertz CT molecular complexity index is 733. The summed E-state index contributed by atoms with van der Waals surface area (Å²) >= 11 is 0. The lowest BCUT2D eigenvalue weighted by Crippen LogP contribution is -2.08. The first-order valence-electron chi connectivity index (χ1n) is 13.9. The Hall–Kier alpha value is -1.56. The van der Waals surface area contributed by atoms with E-state index >= 15 is 0 Å². The fourth-order valence-electron chi connectivity index (χ4n) is 4.20. The van der Waals surface area contributed by atoms with Gasteiger partial charge in [-0.2, -0.15) is 0 Å². The van der Waals surface area contributed by atoms with Crippen molar-refractivity contribution < 1.29 is 0 Å². The highest BCUT2D eigenvalue weighted by Gasteiger charge is 2.14. The second-order valence-corrected chi connectivity index (χ2v) is 11.5.